The highest BCUT2D eigenvalue weighted by Gasteiger charge is 2.11. The predicted octanol–water partition coefficient (Wildman–Crippen LogP) is 5.80. The van der Waals surface area contributed by atoms with Gasteiger partial charge in [0.2, 0.25) is 0 Å². The average Bonchev–Trinajstić information content (AvgIpc) is 2.91. The Labute approximate surface area is 133 Å². The van der Waals surface area contributed by atoms with E-state index in [0.717, 1.165) is 33.3 Å². The fourth-order valence-electron chi connectivity index (χ4n) is 2.92. The maximum atomic E-state index is 13.5. The molecule has 0 amide bonds. The third-order valence-corrected chi connectivity index (χ3v) is 4.19. The maximum absolute atomic E-state index is 13.5. The van der Waals surface area contributed by atoms with Crippen LogP contribution in [0.15, 0.2) is 65.1 Å². The summed E-state index contributed by atoms with van der Waals surface area (Å²) >= 11 is 0. The molecule has 114 valence electrons. The Morgan fingerprint density at radius 1 is 0.826 bits per heavy atom. The molecule has 0 bridgehead atoms. The standard InChI is InChI=1S/C20H16FNO/c1-13-6-8-19-17(10-13)18-12-16(7-9-20(18)23-19)22(2)15-5-3-4-14(21)11-15/h3-12H,1-2H3. The summed E-state index contributed by atoms with van der Waals surface area (Å²) in [7, 11) is 1.93. The Hall–Kier alpha value is -2.81. The summed E-state index contributed by atoms with van der Waals surface area (Å²) in [5, 5.41) is 2.18. The number of hydrogen-bond acceptors (Lipinski definition) is 2. The van der Waals surface area contributed by atoms with Crippen LogP contribution in [0.2, 0.25) is 0 Å². The minimum absolute atomic E-state index is 0.236. The molecule has 0 radical (unpaired) electrons. The summed E-state index contributed by atoms with van der Waals surface area (Å²) in [5.74, 6) is -0.236. The Morgan fingerprint density at radius 2 is 1.52 bits per heavy atom. The van der Waals surface area contributed by atoms with Crippen LogP contribution in [0.4, 0.5) is 15.8 Å². The van der Waals surface area contributed by atoms with Gasteiger partial charge in [0.1, 0.15) is 17.0 Å². The van der Waals surface area contributed by atoms with Gasteiger partial charge >= 0.3 is 0 Å². The Kier molecular flexibility index (Phi) is 3.08. The van der Waals surface area contributed by atoms with Crippen LogP contribution in [0.3, 0.4) is 0 Å². The molecular weight excluding hydrogens is 289 g/mol. The van der Waals surface area contributed by atoms with E-state index in [0.29, 0.717) is 0 Å². The number of anilines is 2. The van der Waals surface area contributed by atoms with Crippen LogP contribution in [0.1, 0.15) is 5.56 Å². The van der Waals surface area contributed by atoms with Crippen LogP contribution in [0.25, 0.3) is 21.9 Å². The molecule has 0 saturated heterocycles. The molecule has 1 heterocycles. The zero-order chi connectivity index (χ0) is 16.0. The van der Waals surface area contributed by atoms with Crippen molar-refractivity contribution in [3.63, 3.8) is 0 Å². The molecular formula is C20H16FNO. The van der Waals surface area contributed by atoms with Gasteiger partial charge in [0, 0.05) is 29.2 Å². The second-order valence-electron chi connectivity index (χ2n) is 5.82. The van der Waals surface area contributed by atoms with E-state index in [9.17, 15) is 4.39 Å². The maximum Gasteiger partial charge on any atom is 0.135 e. The number of aryl methyl sites for hydroxylation is 1. The van der Waals surface area contributed by atoms with Crippen molar-refractivity contribution in [2.75, 3.05) is 11.9 Å². The number of hydrogen-bond donors (Lipinski definition) is 0. The van der Waals surface area contributed by atoms with E-state index < -0.39 is 0 Å². The van der Waals surface area contributed by atoms with Crippen molar-refractivity contribution in [1.82, 2.24) is 0 Å². The van der Waals surface area contributed by atoms with E-state index in [1.54, 1.807) is 6.07 Å². The van der Waals surface area contributed by atoms with Gasteiger partial charge in [-0.3, -0.25) is 0 Å². The number of fused-ring (bicyclic) bond motifs is 3. The molecule has 0 N–H and O–H groups in total. The van der Waals surface area contributed by atoms with Crippen LogP contribution in [-0.4, -0.2) is 7.05 Å². The molecule has 0 fully saturated rings. The summed E-state index contributed by atoms with van der Waals surface area (Å²) in [6, 6.07) is 18.8. The van der Waals surface area contributed by atoms with E-state index >= 15 is 0 Å². The summed E-state index contributed by atoms with van der Waals surface area (Å²) < 4.78 is 19.3. The highest BCUT2D eigenvalue weighted by atomic mass is 19.1. The molecule has 4 rings (SSSR count). The summed E-state index contributed by atoms with van der Waals surface area (Å²) in [6.45, 7) is 2.07. The summed E-state index contributed by atoms with van der Waals surface area (Å²) in [6.07, 6.45) is 0. The molecule has 0 aliphatic carbocycles. The zero-order valence-corrected chi connectivity index (χ0v) is 13.0. The monoisotopic (exact) mass is 305 g/mol. The third kappa shape index (κ3) is 2.34. The van der Waals surface area contributed by atoms with Gasteiger partial charge < -0.3 is 9.32 Å². The SMILES string of the molecule is Cc1ccc2oc3ccc(N(C)c4cccc(F)c4)cc3c2c1. The zero-order valence-electron chi connectivity index (χ0n) is 13.0. The largest absolute Gasteiger partial charge is 0.456 e. The number of nitrogens with zero attached hydrogens (tertiary/aromatic N) is 1. The van der Waals surface area contributed by atoms with Gasteiger partial charge in [0.15, 0.2) is 0 Å². The summed E-state index contributed by atoms with van der Waals surface area (Å²) in [5.41, 5.74) is 4.75. The minimum Gasteiger partial charge on any atom is -0.456 e. The lowest BCUT2D eigenvalue weighted by molar-refractivity contribution is 0.628. The molecule has 1 aromatic heterocycles. The van der Waals surface area contributed by atoms with E-state index in [-0.39, 0.29) is 5.82 Å². The molecule has 0 atom stereocenters. The quantitative estimate of drug-likeness (QED) is 0.465. The van der Waals surface area contributed by atoms with Gasteiger partial charge in [-0.1, -0.05) is 17.7 Å². The molecule has 2 nitrogen and oxygen atoms in total. The van der Waals surface area contributed by atoms with Crippen molar-refractivity contribution in [1.29, 1.82) is 0 Å². The van der Waals surface area contributed by atoms with Crippen LogP contribution in [0, 0.1) is 12.7 Å². The lowest BCUT2D eigenvalue weighted by Crippen LogP contribution is -2.09. The number of benzene rings is 3. The minimum atomic E-state index is -0.236. The molecule has 0 spiro atoms. The van der Waals surface area contributed by atoms with Crippen LogP contribution in [0.5, 0.6) is 0 Å². The first-order chi connectivity index (χ1) is 11.1. The van der Waals surface area contributed by atoms with Crippen molar-refractivity contribution >= 4 is 33.3 Å². The molecule has 3 heteroatoms. The van der Waals surface area contributed by atoms with E-state index in [4.69, 9.17) is 4.42 Å². The molecule has 0 unspecified atom stereocenters. The molecule has 23 heavy (non-hydrogen) atoms. The van der Waals surface area contributed by atoms with E-state index in [2.05, 4.69) is 19.1 Å². The molecule has 0 aliphatic rings. The second kappa shape index (κ2) is 5.13. The van der Waals surface area contributed by atoms with Crippen LogP contribution in [-0.2, 0) is 0 Å². The molecule has 4 aromatic rings. The lowest BCUT2D eigenvalue weighted by atomic mass is 10.1. The van der Waals surface area contributed by atoms with Gasteiger partial charge in [0.25, 0.3) is 0 Å². The molecule has 0 aliphatic heterocycles. The highest BCUT2D eigenvalue weighted by molar-refractivity contribution is 6.06. The molecule has 0 saturated carbocycles. The van der Waals surface area contributed by atoms with E-state index in [1.165, 1.54) is 17.7 Å². The Balaban J connectivity index is 1.87. The first-order valence-electron chi connectivity index (χ1n) is 7.54. The van der Waals surface area contributed by atoms with E-state index in [1.807, 2.05) is 42.3 Å². The Morgan fingerprint density at radius 3 is 2.30 bits per heavy atom. The fourth-order valence-corrected chi connectivity index (χ4v) is 2.92. The van der Waals surface area contributed by atoms with Crippen molar-refractivity contribution in [2.45, 2.75) is 6.92 Å². The van der Waals surface area contributed by atoms with Crippen LogP contribution < -0.4 is 4.90 Å². The van der Waals surface area contributed by atoms with Crippen molar-refractivity contribution in [3.05, 3.63) is 72.0 Å². The summed E-state index contributed by atoms with van der Waals surface area (Å²) in [4.78, 5) is 1.97. The number of halogens is 1. The topological polar surface area (TPSA) is 16.4 Å². The molecule has 3 aromatic carbocycles. The smallest absolute Gasteiger partial charge is 0.135 e. The Bertz CT molecular complexity index is 1020. The average molecular weight is 305 g/mol. The first kappa shape index (κ1) is 13.8. The lowest BCUT2D eigenvalue weighted by Gasteiger charge is -2.19. The number of rotatable bonds is 2. The van der Waals surface area contributed by atoms with Gasteiger partial charge in [-0.05, 0) is 55.5 Å². The van der Waals surface area contributed by atoms with Crippen molar-refractivity contribution < 1.29 is 8.81 Å². The van der Waals surface area contributed by atoms with Crippen molar-refractivity contribution in [2.24, 2.45) is 0 Å². The van der Waals surface area contributed by atoms with Gasteiger partial charge in [-0.15, -0.1) is 0 Å². The number of furan rings is 1. The second-order valence-corrected chi connectivity index (χ2v) is 5.82. The third-order valence-electron chi connectivity index (χ3n) is 4.19. The first-order valence-corrected chi connectivity index (χ1v) is 7.54. The fraction of sp³-hybridized carbons (Fsp3) is 0.100. The highest BCUT2D eigenvalue weighted by Crippen LogP contribution is 2.34. The van der Waals surface area contributed by atoms with Gasteiger partial charge in [0.05, 0.1) is 0 Å². The predicted molar refractivity (Wildman–Crippen MR) is 92.9 cm³/mol. The van der Waals surface area contributed by atoms with Crippen molar-refractivity contribution in [3.8, 4) is 0 Å². The van der Waals surface area contributed by atoms with Gasteiger partial charge in [-0.2, -0.15) is 0 Å². The van der Waals surface area contributed by atoms with Gasteiger partial charge in [-0.25, -0.2) is 4.39 Å². The normalized spacial score (nSPS) is 11.3. The van der Waals surface area contributed by atoms with Crippen LogP contribution >= 0.6 is 0 Å².